The summed E-state index contributed by atoms with van der Waals surface area (Å²) in [6.07, 6.45) is 3.86. The standard InChI is InChI=1S/C24H20ClNO/c1-17-12-13-20(15-23(17)25)26-21-14-22(18-8-4-2-5-9-18)24(27,16-21)19-10-6-3-7-11-19/h2-16,26-27H,1H3/t24-/m0/s1. The van der Waals surface area contributed by atoms with Crippen LogP contribution in [0, 0.1) is 6.92 Å². The summed E-state index contributed by atoms with van der Waals surface area (Å²) in [7, 11) is 0. The van der Waals surface area contributed by atoms with Gasteiger partial charge >= 0.3 is 0 Å². The van der Waals surface area contributed by atoms with Crippen LogP contribution in [0.2, 0.25) is 5.02 Å². The summed E-state index contributed by atoms with van der Waals surface area (Å²) >= 11 is 6.25. The quantitative estimate of drug-likeness (QED) is 0.594. The number of hydrogen-bond acceptors (Lipinski definition) is 2. The smallest absolute Gasteiger partial charge is 0.136 e. The third-order valence-corrected chi connectivity index (χ3v) is 5.24. The molecule has 2 N–H and O–H groups in total. The molecule has 0 unspecified atom stereocenters. The molecule has 0 aromatic heterocycles. The van der Waals surface area contributed by atoms with Crippen molar-refractivity contribution in [3.63, 3.8) is 0 Å². The third kappa shape index (κ3) is 3.42. The Bertz CT molecular complexity index is 1020. The Morgan fingerprint density at radius 3 is 2.22 bits per heavy atom. The van der Waals surface area contributed by atoms with Gasteiger partial charge in [0, 0.05) is 22.0 Å². The first-order valence-electron chi connectivity index (χ1n) is 8.88. The minimum Gasteiger partial charge on any atom is -0.377 e. The van der Waals surface area contributed by atoms with Crippen molar-refractivity contribution in [3.05, 3.63) is 118 Å². The maximum atomic E-state index is 11.6. The lowest BCUT2D eigenvalue weighted by atomic mass is 9.85. The molecule has 3 aromatic rings. The van der Waals surface area contributed by atoms with Gasteiger partial charge in [0.25, 0.3) is 0 Å². The number of aliphatic hydroxyl groups is 1. The van der Waals surface area contributed by atoms with Gasteiger partial charge in [-0.3, -0.25) is 0 Å². The van der Waals surface area contributed by atoms with Crippen molar-refractivity contribution in [2.24, 2.45) is 0 Å². The molecule has 0 bridgehead atoms. The molecule has 0 amide bonds. The summed E-state index contributed by atoms with van der Waals surface area (Å²) in [6.45, 7) is 1.97. The zero-order valence-electron chi connectivity index (χ0n) is 15.0. The number of aryl methyl sites for hydroxylation is 1. The second-order valence-corrected chi connectivity index (χ2v) is 7.15. The van der Waals surface area contributed by atoms with Crippen molar-refractivity contribution in [1.82, 2.24) is 0 Å². The molecular formula is C24H20ClNO. The number of nitrogens with one attached hydrogen (secondary N) is 1. The van der Waals surface area contributed by atoms with Gasteiger partial charge in [0.05, 0.1) is 0 Å². The summed E-state index contributed by atoms with van der Waals surface area (Å²) in [6, 6.07) is 25.5. The Balaban J connectivity index is 1.77. The average Bonchev–Trinajstić information content (AvgIpc) is 3.03. The van der Waals surface area contributed by atoms with E-state index < -0.39 is 5.60 Å². The highest BCUT2D eigenvalue weighted by molar-refractivity contribution is 6.31. The first-order valence-corrected chi connectivity index (χ1v) is 9.25. The van der Waals surface area contributed by atoms with E-state index >= 15 is 0 Å². The maximum Gasteiger partial charge on any atom is 0.136 e. The molecule has 0 spiro atoms. The predicted molar refractivity (Wildman–Crippen MR) is 113 cm³/mol. The van der Waals surface area contributed by atoms with Crippen LogP contribution in [0.1, 0.15) is 16.7 Å². The fourth-order valence-electron chi connectivity index (χ4n) is 3.37. The molecule has 134 valence electrons. The molecule has 0 saturated heterocycles. The first kappa shape index (κ1) is 17.6. The molecule has 2 nitrogen and oxygen atoms in total. The summed E-state index contributed by atoms with van der Waals surface area (Å²) in [5.41, 5.74) is 4.22. The molecule has 1 atom stereocenters. The monoisotopic (exact) mass is 373 g/mol. The van der Waals surface area contributed by atoms with E-state index in [0.717, 1.165) is 33.6 Å². The summed E-state index contributed by atoms with van der Waals surface area (Å²) in [5, 5.41) is 15.7. The third-order valence-electron chi connectivity index (χ3n) is 4.83. The highest BCUT2D eigenvalue weighted by atomic mass is 35.5. The largest absolute Gasteiger partial charge is 0.377 e. The van der Waals surface area contributed by atoms with Crippen LogP contribution >= 0.6 is 11.6 Å². The average molecular weight is 374 g/mol. The van der Waals surface area contributed by atoms with Gasteiger partial charge in [-0.05, 0) is 47.9 Å². The van der Waals surface area contributed by atoms with Crippen LogP contribution < -0.4 is 5.32 Å². The minimum atomic E-state index is -1.20. The van der Waals surface area contributed by atoms with Crippen LogP contribution in [0.25, 0.3) is 5.57 Å². The maximum absolute atomic E-state index is 11.6. The predicted octanol–water partition coefficient (Wildman–Crippen LogP) is 5.93. The number of rotatable bonds is 4. The Hall–Kier alpha value is -2.81. The number of anilines is 1. The van der Waals surface area contributed by atoms with Gasteiger partial charge in [0.2, 0.25) is 0 Å². The number of allylic oxidation sites excluding steroid dienone is 1. The first-order chi connectivity index (χ1) is 13.1. The summed E-state index contributed by atoms with van der Waals surface area (Å²) < 4.78 is 0. The van der Waals surface area contributed by atoms with E-state index in [1.807, 2.05) is 97.9 Å². The lowest BCUT2D eigenvalue weighted by Gasteiger charge is -2.25. The molecule has 4 rings (SSSR count). The molecule has 0 radical (unpaired) electrons. The fourth-order valence-corrected chi connectivity index (χ4v) is 3.55. The van der Waals surface area contributed by atoms with Gasteiger partial charge in [-0.15, -0.1) is 0 Å². The zero-order chi connectivity index (χ0) is 18.9. The van der Waals surface area contributed by atoms with E-state index in [-0.39, 0.29) is 0 Å². The highest BCUT2D eigenvalue weighted by Gasteiger charge is 2.36. The van der Waals surface area contributed by atoms with Gasteiger partial charge in [0.15, 0.2) is 0 Å². The van der Waals surface area contributed by atoms with Crippen LogP contribution in [0.3, 0.4) is 0 Å². The van der Waals surface area contributed by atoms with Crippen molar-refractivity contribution in [1.29, 1.82) is 0 Å². The van der Waals surface area contributed by atoms with Crippen molar-refractivity contribution >= 4 is 22.9 Å². The lowest BCUT2D eigenvalue weighted by molar-refractivity contribution is 0.156. The number of hydrogen-bond donors (Lipinski definition) is 2. The molecule has 1 aliphatic carbocycles. The molecule has 1 aliphatic rings. The highest BCUT2D eigenvalue weighted by Crippen LogP contribution is 2.43. The molecule has 0 fully saturated rings. The van der Waals surface area contributed by atoms with Crippen LogP contribution in [0.15, 0.2) is 96.7 Å². The van der Waals surface area contributed by atoms with E-state index in [2.05, 4.69) is 5.32 Å². The Morgan fingerprint density at radius 1 is 0.889 bits per heavy atom. The van der Waals surface area contributed by atoms with Crippen LogP contribution in [0.4, 0.5) is 5.69 Å². The topological polar surface area (TPSA) is 32.3 Å². The number of benzene rings is 3. The fraction of sp³-hybridized carbons (Fsp3) is 0.0833. The van der Waals surface area contributed by atoms with Gasteiger partial charge in [-0.2, -0.15) is 0 Å². The van der Waals surface area contributed by atoms with Crippen LogP contribution in [-0.4, -0.2) is 5.11 Å². The van der Waals surface area contributed by atoms with Gasteiger partial charge in [0.1, 0.15) is 5.60 Å². The molecule has 0 saturated carbocycles. The lowest BCUT2D eigenvalue weighted by Crippen LogP contribution is -2.23. The summed E-state index contributed by atoms with van der Waals surface area (Å²) in [5.74, 6) is 0. The van der Waals surface area contributed by atoms with E-state index in [1.165, 1.54) is 0 Å². The Kier molecular flexibility index (Phi) is 4.61. The van der Waals surface area contributed by atoms with Crippen molar-refractivity contribution in [3.8, 4) is 0 Å². The molecule has 27 heavy (non-hydrogen) atoms. The van der Waals surface area contributed by atoms with Gasteiger partial charge in [-0.25, -0.2) is 0 Å². The minimum absolute atomic E-state index is 0.712. The van der Waals surface area contributed by atoms with Crippen molar-refractivity contribution in [2.45, 2.75) is 12.5 Å². The van der Waals surface area contributed by atoms with E-state index in [4.69, 9.17) is 11.6 Å². The Labute approximate surface area is 164 Å². The van der Waals surface area contributed by atoms with E-state index in [0.29, 0.717) is 5.02 Å². The number of halogens is 1. The molecule has 3 aromatic carbocycles. The van der Waals surface area contributed by atoms with E-state index in [1.54, 1.807) is 0 Å². The van der Waals surface area contributed by atoms with Crippen LogP contribution in [0.5, 0.6) is 0 Å². The van der Waals surface area contributed by atoms with Crippen molar-refractivity contribution < 1.29 is 5.11 Å². The molecule has 0 heterocycles. The normalized spacial score (nSPS) is 18.8. The van der Waals surface area contributed by atoms with Gasteiger partial charge in [-0.1, -0.05) is 78.3 Å². The van der Waals surface area contributed by atoms with Crippen molar-refractivity contribution in [2.75, 3.05) is 5.32 Å². The van der Waals surface area contributed by atoms with E-state index in [9.17, 15) is 5.11 Å². The molecule has 3 heteroatoms. The summed E-state index contributed by atoms with van der Waals surface area (Å²) in [4.78, 5) is 0. The molecular weight excluding hydrogens is 354 g/mol. The zero-order valence-corrected chi connectivity index (χ0v) is 15.7. The van der Waals surface area contributed by atoms with Crippen LogP contribution in [-0.2, 0) is 5.60 Å². The molecule has 0 aliphatic heterocycles. The second kappa shape index (κ2) is 7.07. The second-order valence-electron chi connectivity index (χ2n) is 6.75. The van der Waals surface area contributed by atoms with Gasteiger partial charge < -0.3 is 10.4 Å². The SMILES string of the molecule is Cc1ccc(NC2=C[C@](O)(c3ccccc3)C(c3ccccc3)=C2)cc1Cl. The Morgan fingerprint density at radius 2 is 1.56 bits per heavy atom.